The third-order valence-corrected chi connectivity index (χ3v) is 4.22. The molecule has 0 aromatic heterocycles. The van der Waals surface area contributed by atoms with Gasteiger partial charge in [0, 0.05) is 0 Å². The van der Waals surface area contributed by atoms with Crippen LogP contribution in [0.25, 0.3) is 6.08 Å². The third kappa shape index (κ3) is 2.91. The van der Waals surface area contributed by atoms with Crippen LogP contribution in [0.15, 0.2) is 29.2 Å². The molecule has 0 aliphatic carbocycles. The van der Waals surface area contributed by atoms with E-state index in [0.29, 0.717) is 4.91 Å². The molecule has 1 fully saturated rings. The fraction of sp³-hybridized carbons (Fsp3) is 0.214. The number of benzene rings is 1. The molecule has 0 bridgehead atoms. The highest BCUT2D eigenvalue weighted by molar-refractivity contribution is 8.26. The number of thioether (sulfide) groups is 1. The van der Waals surface area contributed by atoms with Crippen LogP contribution < -0.4 is 5.11 Å². The molecule has 4 nitrogen and oxygen atoms in total. The van der Waals surface area contributed by atoms with E-state index < -0.39 is 17.9 Å². The second-order valence-electron chi connectivity index (χ2n) is 4.46. The van der Waals surface area contributed by atoms with Crippen molar-refractivity contribution in [3.05, 3.63) is 40.3 Å². The van der Waals surface area contributed by atoms with E-state index in [1.807, 2.05) is 31.2 Å². The number of carboxylic acid groups (broad SMARTS) is 1. The molecule has 6 heteroatoms. The minimum absolute atomic E-state index is 0.241. The summed E-state index contributed by atoms with van der Waals surface area (Å²) < 4.78 is 0.241. The Morgan fingerprint density at radius 2 is 2.20 bits per heavy atom. The largest absolute Gasteiger partial charge is 0.548 e. The zero-order valence-electron chi connectivity index (χ0n) is 11.0. The lowest BCUT2D eigenvalue weighted by molar-refractivity contribution is -0.309. The zero-order valence-corrected chi connectivity index (χ0v) is 12.6. The number of carboxylic acids is 1. The molecule has 2 rings (SSSR count). The van der Waals surface area contributed by atoms with Gasteiger partial charge in [-0.3, -0.25) is 9.69 Å². The van der Waals surface area contributed by atoms with Gasteiger partial charge < -0.3 is 9.90 Å². The lowest BCUT2D eigenvalue weighted by Gasteiger charge is -2.23. The molecule has 1 aliphatic heterocycles. The molecule has 0 unspecified atom stereocenters. The number of rotatable bonds is 3. The van der Waals surface area contributed by atoms with Crippen LogP contribution in [0, 0.1) is 6.92 Å². The van der Waals surface area contributed by atoms with Crippen molar-refractivity contribution in [3.63, 3.8) is 0 Å². The van der Waals surface area contributed by atoms with E-state index in [1.54, 1.807) is 6.08 Å². The fourth-order valence-electron chi connectivity index (χ4n) is 1.83. The van der Waals surface area contributed by atoms with E-state index in [4.69, 9.17) is 12.2 Å². The van der Waals surface area contributed by atoms with Crippen LogP contribution in [0.4, 0.5) is 0 Å². The predicted molar refractivity (Wildman–Crippen MR) is 80.7 cm³/mol. The van der Waals surface area contributed by atoms with E-state index in [-0.39, 0.29) is 4.32 Å². The molecule has 0 spiro atoms. The topological polar surface area (TPSA) is 60.4 Å². The zero-order chi connectivity index (χ0) is 14.9. The van der Waals surface area contributed by atoms with Gasteiger partial charge in [0.05, 0.1) is 16.9 Å². The number of hydrogen-bond donors (Lipinski definition) is 0. The number of aryl methyl sites for hydroxylation is 1. The predicted octanol–water partition coefficient (Wildman–Crippen LogP) is 1.33. The summed E-state index contributed by atoms with van der Waals surface area (Å²) >= 11 is 6.17. The van der Waals surface area contributed by atoms with Crippen LogP contribution >= 0.6 is 24.0 Å². The number of thiocarbonyl (C=S) groups is 1. The van der Waals surface area contributed by atoms with Gasteiger partial charge >= 0.3 is 0 Å². The Morgan fingerprint density at radius 1 is 1.50 bits per heavy atom. The quantitative estimate of drug-likeness (QED) is 0.623. The number of hydrogen-bond acceptors (Lipinski definition) is 5. The van der Waals surface area contributed by atoms with Crippen molar-refractivity contribution < 1.29 is 14.7 Å². The first kappa shape index (κ1) is 14.7. The smallest absolute Gasteiger partial charge is 0.266 e. The Bertz CT molecular complexity index is 625. The summed E-state index contributed by atoms with van der Waals surface area (Å²) in [6, 6.07) is 6.61. The van der Waals surface area contributed by atoms with E-state index in [1.165, 1.54) is 6.92 Å². The maximum Gasteiger partial charge on any atom is 0.266 e. The molecule has 1 atom stereocenters. The molecule has 1 aromatic carbocycles. The Hall–Kier alpha value is -1.66. The highest BCUT2D eigenvalue weighted by Crippen LogP contribution is 2.33. The van der Waals surface area contributed by atoms with Crippen molar-refractivity contribution in [3.8, 4) is 0 Å². The Morgan fingerprint density at radius 3 is 2.80 bits per heavy atom. The van der Waals surface area contributed by atoms with Crippen LogP contribution in [0.2, 0.25) is 0 Å². The highest BCUT2D eigenvalue weighted by atomic mass is 32.2. The van der Waals surface area contributed by atoms with Crippen LogP contribution in [-0.2, 0) is 9.59 Å². The molecule has 1 aliphatic rings. The maximum absolute atomic E-state index is 12.2. The van der Waals surface area contributed by atoms with Crippen LogP contribution in [0.3, 0.4) is 0 Å². The first-order valence-electron chi connectivity index (χ1n) is 5.94. The third-order valence-electron chi connectivity index (χ3n) is 2.89. The molecular formula is C14H12NO3S2-. The summed E-state index contributed by atoms with van der Waals surface area (Å²) in [6.45, 7) is 3.34. The number of carbonyl (C=O) groups is 2. The first-order valence-corrected chi connectivity index (χ1v) is 7.17. The van der Waals surface area contributed by atoms with Gasteiger partial charge in [-0.1, -0.05) is 53.8 Å². The molecule has 1 heterocycles. The number of nitrogens with zero attached hydrogens (tertiary/aromatic N) is 1. The van der Waals surface area contributed by atoms with Crippen molar-refractivity contribution in [2.75, 3.05) is 0 Å². The van der Waals surface area contributed by atoms with Crippen LogP contribution in [-0.4, -0.2) is 27.1 Å². The second-order valence-corrected chi connectivity index (χ2v) is 6.14. The molecular weight excluding hydrogens is 294 g/mol. The van der Waals surface area contributed by atoms with Gasteiger partial charge in [-0.05, 0) is 25.5 Å². The van der Waals surface area contributed by atoms with E-state index in [0.717, 1.165) is 27.8 Å². The Labute approximate surface area is 126 Å². The Kier molecular flexibility index (Phi) is 4.25. The van der Waals surface area contributed by atoms with Crippen molar-refractivity contribution in [2.45, 2.75) is 19.9 Å². The van der Waals surface area contributed by atoms with E-state index >= 15 is 0 Å². The van der Waals surface area contributed by atoms with Gasteiger partial charge in [0.2, 0.25) is 0 Å². The standard InChI is InChI=1S/C14H13NO3S2/c1-8-4-3-5-10(6-8)7-11-12(16)15(14(19)20-11)9(2)13(17)18/h3-7,9H,1-2H3,(H,17,18)/p-1/b11-7-/t9-/m0/s1. The highest BCUT2D eigenvalue weighted by Gasteiger charge is 2.35. The maximum atomic E-state index is 12.2. The van der Waals surface area contributed by atoms with Crippen LogP contribution in [0.5, 0.6) is 0 Å². The van der Waals surface area contributed by atoms with Crippen molar-refractivity contribution in [1.29, 1.82) is 0 Å². The SMILES string of the molecule is Cc1cccc(/C=C2\SC(=S)N([C@@H](C)C(=O)[O-])C2=O)c1. The monoisotopic (exact) mass is 306 g/mol. The normalized spacial score (nSPS) is 18.7. The molecule has 104 valence electrons. The van der Waals surface area contributed by atoms with Crippen molar-refractivity contribution in [1.82, 2.24) is 4.90 Å². The summed E-state index contributed by atoms with van der Waals surface area (Å²) in [5, 5.41) is 10.9. The molecule has 20 heavy (non-hydrogen) atoms. The van der Waals surface area contributed by atoms with Gasteiger partial charge in [-0.25, -0.2) is 0 Å². The molecule has 1 amide bonds. The molecule has 1 aromatic rings. The lowest BCUT2D eigenvalue weighted by atomic mass is 10.1. The van der Waals surface area contributed by atoms with Gasteiger partial charge in [0.25, 0.3) is 5.91 Å². The number of carbonyl (C=O) groups excluding carboxylic acids is 2. The first-order chi connectivity index (χ1) is 9.40. The van der Waals surface area contributed by atoms with Crippen molar-refractivity contribution in [2.24, 2.45) is 0 Å². The van der Waals surface area contributed by atoms with Gasteiger partial charge in [0.15, 0.2) is 0 Å². The average molecular weight is 306 g/mol. The van der Waals surface area contributed by atoms with Gasteiger partial charge in [-0.15, -0.1) is 0 Å². The molecule has 0 radical (unpaired) electrons. The number of aliphatic carboxylic acids is 1. The summed E-state index contributed by atoms with van der Waals surface area (Å²) in [6.07, 6.45) is 1.72. The minimum atomic E-state index is -1.32. The minimum Gasteiger partial charge on any atom is -0.548 e. The summed E-state index contributed by atoms with van der Waals surface area (Å²) in [5.74, 6) is -1.71. The number of amides is 1. The lowest BCUT2D eigenvalue weighted by Crippen LogP contribution is -2.48. The van der Waals surface area contributed by atoms with Gasteiger partial charge in [-0.2, -0.15) is 0 Å². The Balaban J connectivity index is 2.30. The summed E-state index contributed by atoms with van der Waals surface area (Å²) in [7, 11) is 0. The van der Waals surface area contributed by atoms with E-state index in [9.17, 15) is 14.7 Å². The fourth-order valence-corrected chi connectivity index (χ4v) is 3.25. The van der Waals surface area contributed by atoms with E-state index in [2.05, 4.69) is 0 Å². The molecule has 1 saturated heterocycles. The van der Waals surface area contributed by atoms with Crippen molar-refractivity contribution >= 4 is 46.3 Å². The second kappa shape index (κ2) is 5.76. The molecule has 0 N–H and O–H groups in total. The average Bonchev–Trinajstić information content (AvgIpc) is 2.63. The molecule has 0 saturated carbocycles. The van der Waals surface area contributed by atoms with Crippen LogP contribution in [0.1, 0.15) is 18.1 Å². The summed E-state index contributed by atoms with van der Waals surface area (Å²) in [4.78, 5) is 24.6. The van der Waals surface area contributed by atoms with Gasteiger partial charge in [0.1, 0.15) is 4.32 Å². The summed E-state index contributed by atoms with van der Waals surface area (Å²) in [5.41, 5.74) is 1.96.